The van der Waals surface area contributed by atoms with E-state index >= 15 is 0 Å². The van der Waals surface area contributed by atoms with Crippen molar-refractivity contribution >= 4 is 15.8 Å². The first kappa shape index (κ1) is 20.2. The Bertz CT molecular complexity index is 406. The highest BCUT2D eigenvalue weighted by Crippen LogP contribution is 2.13. The standard InChI is InChI=1S/C14H31N3O3S/c1-6-7-10-20-11-8-9-16-13(15-4)17-12-14(2,3)21(5,18)19/h6-12H2,1-5H3,(H2,15,16,17). The molecular weight excluding hydrogens is 290 g/mol. The van der Waals surface area contributed by atoms with Gasteiger partial charge in [-0.2, -0.15) is 0 Å². The molecule has 0 saturated heterocycles. The molecule has 0 aliphatic heterocycles. The van der Waals surface area contributed by atoms with Crippen LogP contribution < -0.4 is 10.6 Å². The normalized spacial score (nSPS) is 13.3. The Morgan fingerprint density at radius 2 is 1.81 bits per heavy atom. The molecule has 0 aromatic heterocycles. The second-order valence-corrected chi connectivity index (χ2v) is 8.35. The Morgan fingerprint density at radius 3 is 2.33 bits per heavy atom. The zero-order valence-electron chi connectivity index (χ0n) is 14.0. The van der Waals surface area contributed by atoms with Gasteiger partial charge in [0.1, 0.15) is 0 Å². The van der Waals surface area contributed by atoms with Crippen LogP contribution in [-0.2, 0) is 14.6 Å². The second kappa shape index (κ2) is 10.00. The van der Waals surface area contributed by atoms with E-state index < -0.39 is 14.6 Å². The van der Waals surface area contributed by atoms with Crippen molar-refractivity contribution < 1.29 is 13.2 Å². The molecule has 0 bridgehead atoms. The van der Waals surface area contributed by atoms with Crippen molar-refractivity contribution in [2.75, 3.05) is 39.6 Å². The fraction of sp³-hybridized carbons (Fsp3) is 0.929. The van der Waals surface area contributed by atoms with Gasteiger partial charge in [-0.25, -0.2) is 8.42 Å². The smallest absolute Gasteiger partial charge is 0.191 e. The molecule has 0 amide bonds. The minimum absolute atomic E-state index is 0.318. The first-order valence-corrected chi connectivity index (χ1v) is 9.35. The van der Waals surface area contributed by atoms with Gasteiger partial charge in [-0.15, -0.1) is 0 Å². The highest BCUT2D eigenvalue weighted by Gasteiger charge is 2.30. The summed E-state index contributed by atoms with van der Waals surface area (Å²) in [6.45, 7) is 8.13. The van der Waals surface area contributed by atoms with Crippen LogP contribution in [0.1, 0.15) is 40.0 Å². The maximum atomic E-state index is 11.6. The van der Waals surface area contributed by atoms with E-state index in [2.05, 4.69) is 22.5 Å². The molecule has 0 aliphatic rings. The summed E-state index contributed by atoms with van der Waals surface area (Å²) in [6.07, 6.45) is 4.38. The fourth-order valence-electron chi connectivity index (χ4n) is 1.38. The Labute approximate surface area is 129 Å². The van der Waals surface area contributed by atoms with E-state index in [1.54, 1.807) is 20.9 Å². The molecule has 0 saturated carbocycles. The second-order valence-electron chi connectivity index (χ2n) is 5.70. The molecule has 0 unspecified atom stereocenters. The van der Waals surface area contributed by atoms with Crippen LogP contribution in [-0.4, -0.2) is 58.7 Å². The van der Waals surface area contributed by atoms with Gasteiger partial charge in [0.2, 0.25) is 0 Å². The molecule has 21 heavy (non-hydrogen) atoms. The third-order valence-electron chi connectivity index (χ3n) is 3.31. The van der Waals surface area contributed by atoms with Crippen molar-refractivity contribution in [3.05, 3.63) is 0 Å². The summed E-state index contributed by atoms with van der Waals surface area (Å²) in [4.78, 5) is 4.08. The van der Waals surface area contributed by atoms with Gasteiger partial charge in [0, 0.05) is 39.6 Å². The SMILES string of the molecule is CCCCOCCCNC(=NC)NCC(C)(C)S(C)(=O)=O. The zero-order chi connectivity index (χ0) is 16.4. The molecule has 0 spiro atoms. The lowest BCUT2D eigenvalue weighted by molar-refractivity contribution is 0.129. The van der Waals surface area contributed by atoms with Crippen LogP contribution in [0.3, 0.4) is 0 Å². The van der Waals surface area contributed by atoms with Crippen LogP contribution in [0.15, 0.2) is 4.99 Å². The van der Waals surface area contributed by atoms with Crippen molar-refractivity contribution in [1.82, 2.24) is 10.6 Å². The number of hydrogen-bond donors (Lipinski definition) is 2. The summed E-state index contributed by atoms with van der Waals surface area (Å²) in [5.74, 6) is 0.611. The van der Waals surface area contributed by atoms with Gasteiger partial charge in [-0.3, -0.25) is 4.99 Å². The number of rotatable bonds is 10. The van der Waals surface area contributed by atoms with E-state index in [1.165, 1.54) is 6.26 Å². The predicted molar refractivity (Wildman–Crippen MR) is 88.6 cm³/mol. The van der Waals surface area contributed by atoms with E-state index in [0.717, 1.165) is 39.0 Å². The number of guanidine groups is 1. The number of hydrogen-bond acceptors (Lipinski definition) is 4. The number of aliphatic imine (C=N–C) groups is 1. The largest absolute Gasteiger partial charge is 0.381 e. The van der Waals surface area contributed by atoms with E-state index in [-0.39, 0.29) is 0 Å². The van der Waals surface area contributed by atoms with Gasteiger partial charge in [0.15, 0.2) is 15.8 Å². The Balaban J connectivity index is 3.93. The summed E-state index contributed by atoms with van der Waals surface area (Å²) in [6, 6.07) is 0. The molecule has 0 rings (SSSR count). The minimum Gasteiger partial charge on any atom is -0.381 e. The van der Waals surface area contributed by atoms with E-state index in [0.29, 0.717) is 12.5 Å². The lowest BCUT2D eigenvalue weighted by Crippen LogP contribution is -2.47. The maximum absolute atomic E-state index is 11.6. The summed E-state index contributed by atoms with van der Waals surface area (Å²) in [5, 5.41) is 6.19. The van der Waals surface area contributed by atoms with Crippen LogP contribution in [0.5, 0.6) is 0 Å². The summed E-state index contributed by atoms with van der Waals surface area (Å²) in [5.41, 5.74) is 0. The third-order valence-corrected chi connectivity index (χ3v) is 5.46. The molecule has 7 heteroatoms. The summed E-state index contributed by atoms with van der Waals surface area (Å²) < 4.78 is 27.9. The molecule has 0 aliphatic carbocycles. The van der Waals surface area contributed by atoms with Gasteiger partial charge in [0.25, 0.3) is 0 Å². The van der Waals surface area contributed by atoms with Crippen LogP contribution in [0.2, 0.25) is 0 Å². The molecule has 2 N–H and O–H groups in total. The van der Waals surface area contributed by atoms with Crippen LogP contribution in [0.25, 0.3) is 0 Å². The third kappa shape index (κ3) is 8.93. The zero-order valence-corrected chi connectivity index (χ0v) is 14.8. The maximum Gasteiger partial charge on any atom is 0.191 e. The van der Waals surface area contributed by atoms with E-state index in [1.807, 2.05) is 0 Å². The van der Waals surface area contributed by atoms with Crippen LogP contribution >= 0.6 is 0 Å². The molecule has 6 nitrogen and oxygen atoms in total. The molecule has 0 fully saturated rings. The average Bonchev–Trinajstić information content (AvgIpc) is 2.39. The number of unbranched alkanes of at least 4 members (excludes halogenated alkanes) is 1. The first-order valence-electron chi connectivity index (χ1n) is 7.46. The molecule has 126 valence electrons. The molecular formula is C14H31N3O3S. The molecule has 0 aromatic rings. The average molecular weight is 321 g/mol. The first-order chi connectivity index (χ1) is 9.74. The quantitative estimate of drug-likeness (QED) is 0.359. The topological polar surface area (TPSA) is 79.8 Å². The van der Waals surface area contributed by atoms with Gasteiger partial charge < -0.3 is 15.4 Å². The lowest BCUT2D eigenvalue weighted by Gasteiger charge is -2.24. The number of nitrogens with one attached hydrogen (secondary N) is 2. The van der Waals surface area contributed by atoms with E-state index in [9.17, 15) is 8.42 Å². The Kier molecular flexibility index (Phi) is 9.61. The van der Waals surface area contributed by atoms with Crippen molar-refractivity contribution in [3.8, 4) is 0 Å². The minimum atomic E-state index is -3.11. The monoisotopic (exact) mass is 321 g/mol. The van der Waals surface area contributed by atoms with E-state index in [4.69, 9.17) is 4.74 Å². The Morgan fingerprint density at radius 1 is 1.19 bits per heavy atom. The number of nitrogens with zero attached hydrogens (tertiary/aromatic N) is 1. The van der Waals surface area contributed by atoms with Gasteiger partial charge in [-0.05, 0) is 26.7 Å². The summed E-state index contributed by atoms with van der Waals surface area (Å²) >= 11 is 0. The lowest BCUT2D eigenvalue weighted by atomic mass is 10.2. The van der Waals surface area contributed by atoms with Gasteiger partial charge in [-0.1, -0.05) is 13.3 Å². The molecule has 0 aromatic carbocycles. The molecule has 0 radical (unpaired) electrons. The predicted octanol–water partition coefficient (Wildman–Crippen LogP) is 1.18. The molecule has 0 atom stereocenters. The van der Waals surface area contributed by atoms with Gasteiger partial charge in [0.05, 0.1) is 4.75 Å². The number of sulfone groups is 1. The summed E-state index contributed by atoms with van der Waals surface area (Å²) in [7, 11) is -1.44. The van der Waals surface area contributed by atoms with Crippen molar-refractivity contribution in [3.63, 3.8) is 0 Å². The van der Waals surface area contributed by atoms with Crippen molar-refractivity contribution in [1.29, 1.82) is 0 Å². The number of ether oxygens (including phenoxy) is 1. The molecule has 0 heterocycles. The Hall–Kier alpha value is -0.820. The van der Waals surface area contributed by atoms with Crippen LogP contribution in [0.4, 0.5) is 0 Å². The highest BCUT2D eigenvalue weighted by atomic mass is 32.2. The van der Waals surface area contributed by atoms with Crippen LogP contribution in [0, 0.1) is 0 Å². The van der Waals surface area contributed by atoms with Crippen molar-refractivity contribution in [2.45, 2.75) is 44.8 Å². The fourth-order valence-corrected chi connectivity index (χ4v) is 1.71. The van der Waals surface area contributed by atoms with Gasteiger partial charge >= 0.3 is 0 Å². The van der Waals surface area contributed by atoms with Crippen molar-refractivity contribution in [2.24, 2.45) is 4.99 Å². The highest BCUT2D eigenvalue weighted by molar-refractivity contribution is 7.92.